The fourth-order valence-corrected chi connectivity index (χ4v) is 2.67. The molecule has 19 heavy (non-hydrogen) atoms. The zero-order valence-corrected chi connectivity index (χ0v) is 12.5. The van der Waals surface area contributed by atoms with Crippen LogP contribution < -0.4 is 5.32 Å². The smallest absolute Gasteiger partial charge is 0.106 e. The Morgan fingerprint density at radius 3 is 2.32 bits per heavy atom. The van der Waals surface area contributed by atoms with Gasteiger partial charge in [0, 0.05) is 19.3 Å². The summed E-state index contributed by atoms with van der Waals surface area (Å²) < 4.78 is 2.29. The molecule has 102 valence electrons. The number of imidazole rings is 1. The number of nitrogens with zero attached hydrogens (tertiary/aromatic N) is 2. The predicted octanol–water partition coefficient (Wildman–Crippen LogP) is 2.88. The Morgan fingerprint density at radius 2 is 1.74 bits per heavy atom. The maximum absolute atomic E-state index is 4.43. The molecule has 3 nitrogen and oxygen atoms in total. The van der Waals surface area contributed by atoms with Crippen LogP contribution in [0.2, 0.25) is 0 Å². The Balaban J connectivity index is 2.39. The highest BCUT2D eigenvalue weighted by atomic mass is 15.1. The minimum absolute atomic E-state index is 0.852. The number of hydrogen-bond acceptors (Lipinski definition) is 2. The first kappa shape index (κ1) is 13.8. The van der Waals surface area contributed by atoms with E-state index in [1.54, 1.807) is 0 Å². The van der Waals surface area contributed by atoms with E-state index in [9.17, 15) is 0 Å². The van der Waals surface area contributed by atoms with Crippen LogP contribution in [0.1, 0.15) is 33.8 Å². The summed E-state index contributed by atoms with van der Waals surface area (Å²) in [7, 11) is 1.97. The van der Waals surface area contributed by atoms with Gasteiger partial charge in [-0.2, -0.15) is 0 Å². The van der Waals surface area contributed by atoms with Crippen LogP contribution in [0.15, 0.2) is 18.3 Å². The summed E-state index contributed by atoms with van der Waals surface area (Å²) >= 11 is 0. The summed E-state index contributed by atoms with van der Waals surface area (Å²) in [6, 6.07) is 4.51. The topological polar surface area (TPSA) is 29.9 Å². The molecule has 0 bridgehead atoms. The molecule has 2 aromatic rings. The van der Waals surface area contributed by atoms with E-state index in [1.165, 1.54) is 27.9 Å². The highest BCUT2D eigenvalue weighted by Crippen LogP contribution is 2.19. The maximum Gasteiger partial charge on any atom is 0.106 e. The first-order valence-electron chi connectivity index (χ1n) is 6.75. The summed E-state index contributed by atoms with van der Waals surface area (Å²) in [5, 5.41) is 3.20. The number of aromatic nitrogens is 2. The van der Waals surface area contributed by atoms with Crippen LogP contribution in [0, 0.1) is 27.7 Å². The highest BCUT2D eigenvalue weighted by Gasteiger charge is 2.10. The second-order valence-electron chi connectivity index (χ2n) is 5.29. The van der Waals surface area contributed by atoms with Gasteiger partial charge in [-0.05, 0) is 51.4 Å². The van der Waals surface area contributed by atoms with Crippen LogP contribution in [-0.4, -0.2) is 16.6 Å². The molecule has 1 aromatic carbocycles. The molecule has 0 saturated carbocycles. The van der Waals surface area contributed by atoms with Crippen LogP contribution in [0.25, 0.3) is 0 Å². The van der Waals surface area contributed by atoms with Crippen molar-refractivity contribution in [1.82, 2.24) is 14.9 Å². The Labute approximate surface area is 115 Å². The molecule has 0 amide bonds. The van der Waals surface area contributed by atoms with E-state index < -0.39 is 0 Å². The molecular weight excluding hydrogens is 234 g/mol. The zero-order valence-electron chi connectivity index (χ0n) is 12.5. The summed E-state index contributed by atoms with van der Waals surface area (Å²) in [5.41, 5.74) is 6.70. The van der Waals surface area contributed by atoms with Gasteiger partial charge in [-0.3, -0.25) is 0 Å². The summed E-state index contributed by atoms with van der Waals surface area (Å²) in [4.78, 5) is 4.43. The molecule has 0 unspecified atom stereocenters. The van der Waals surface area contributed by atoms with E-state index in [1.807, 2.05) is 13.2 Å². The van der Waals surface area contributed by atoms with Gasteiger partial charge in [-0.25, -0.2) is 4.98 Å². The molecule has 3 heteroatoms. The van der Waals surface area contributed by atoms with Crippen molar-refractivity contribution in [1.29, 1.82) is 0 Å². The van der Waals surface area contributed by atoms with Crippen molar-refractivity contribution in [3.8, 4) is 0 Å². The number of nitrogens with one attached hydrogen (secondary N) is 1. The first-order chi connectivity index (χ1) is 9.02. The third-order valence-electron chi connectivity index (χ3n) is 3.65. The second-order valence-corrected chi connectivity index (χ2v) is 5.29. The quantitative estimate of drug-likeness (QED) is 0.912. The molecule has 1 aromatic heterocycles. The van der Waals surface area contributed by atoms with E-state index in [-0.39, 0.29) is 0 Å². The van der Waals surface area contributed by atoms with Crippen molar-refractivity contribution in [3.63, 3.8) is 0 Å². The van der Waals surface area contributed by atoms with Crippen molar-refractivity contribution >= 4 is 0 Å². The van der Waals surface area contributed by atoms with Gasteiger partial charge >= 0.3 is 0 Å². The van der Waals surface area contributed by atoms with Gasteiger partial charge in [0.25, 0.3) is 0 Å². The lowest BCUT2D eigenvalue weighted by Gasteiger charge is -2.15. The molecule has 1 heterocycles. The average molecular weight is 257 g/mol. The molecule has 0 aliphatic heterocycles. The third kappa shape index (κ3) is 2.87. The first-order valence-corrected chi connectivity index (χ1v) is 6.75. The van der Waals surface area contributed by atoms with Crippen molar-refractivity contribution < 1.29 is 0 Å². The van der Waals surface area contributed by atoms with Crippen LogP contribution in [0.4, 0.5) is 0 Å². The zero-order chi connectivity index (χ0) is 14.0. The van der Waals surface area contributed by atoms with Crippen molar-refractivity contribution in [2.45, 2.75) is 40.8 Å². The number of aryl methyl sites for hydroxylation is 4. The minimum Gasteiger partial charge on any atom is -0.327 e. The third-order valence-corrected chi connectivity index (χ3v) is 3.65. The number of benzene rings is 1. The molecule has 0 radical (unpaired) electrons. The average Bonchev–Trinajstić information content (AvgIpc) is 2.66. The Kier molecular flexibility index (Phi) is 4.05. The minimum atomic E-state index is 0.852. The molecule has 0 saturated heterocycles. The lowest BCUT2D eigenvalue weighted by molar-refractivity contribution is 0.672. The van der Waals surface area contributed by atoms with Crippen LogP contribution in [0.3, 0.4) is 0 Å². The van der Waals surface area contributed by atoms with E-state index in [0.29, 0.717) is 0 Å². The number of rotatable bonds is 4. The van der Waals surface area contributed by atoms with Gasteiger partial charge < -0.3 is 9.88 Å². The molecule has 2 rings (SSSR count). The maximum atomic E-state index is 4.43. The highest BCUT2D eigenvalue weighted by molar-refractivity contribution is 5.38. The van der Waals surface area contributed by atoms with Gasteiger partial charge in [-0.1, -0.05) is 17.7 Å². The van der Waals surface area contributed by atoms with E-state index in [4.69, 9.17) is 0 Å². The fraction of sp³-hybridized carbons (Fsp3) is 0.438. The van der Waals surface area contributed by atoms with E-state index in [0.717, 1.165) is 18.9 Å². The molecule has 0 spiro atoms. The van der Waals surface area contributed by atoms with Crippen molar-refractivity contribution in [3.05, 3.63) is 52.1 Å². The molecule has 1 N–H and O–H groups in total. The molecule has 0 atom stereocenters. The lowest BCUT2D eigenvalue weighted by atomic mass is 9.99. The fourth-order valence-electron chi connectivity index (χ4n) is 2.67. The predicted molar refractivity (Wildman–Crippen MR) is 79.5 cm³/mol. The molecule has 0 aliphatic rings. The summed E-state index contributed by atoms with van der Waals surface area (Å²) in [5.74, 6) is 1.07. The van der Waals surface area contributed by atoms with Crippen LogP contribution in [0.5, 0.6) is 0 Å². The van der Waals surface area contributed by atoms with Gasteiger partial charge in [-0.15, -0.1) is 0 Å². The van der Waals surface area contributed by atoms with Gasteiger partial charge in [0.1, 0.15) is 5.82 Å². The largest absolute Gasteiger partial charge is 0.327 e. The SMILES string of the molecule is CNCc1cnc(C)n1Cc1c(C)cc(C)cc1C. The van der Waals surface area contributed by atoms with Crippen molar-refractivity contribution in [2.75, 3.05) is 7.05 Å². The van der Waals surface area contributed by atoms with Crippen LogP contribution >= 0.6 is 0 Å². The molecular formula is C16H23N3. The van der Waals surface area contributed by atoms with Gasteiger partial charge in [0.15, 0.2) is 0 Å². The Hall–Kier alpha value is -1.61. The molecule has 0 aliphatic carbocycles. The Bertz CT molecular complexity index is 559. The van der Waals surface area contributed by atoms with Crippen LogP contribution in [-0.2, 0) is 13.1 Å². The Morgan fingerprint density at radius 1 is 1.11 bits per heavy atom. The lowest BCUT2D eigenvalue weighted by Crippen LogP contribution is -2.14. The number of hydrogen-bond donors (Lipinski definition) is 1. The summed E-state index contributed by atoms with van der Waals surface area (Å²) in [6.45, 7) is 10.4. The monoisotopic (exact) mass is 257 g/mol. The van der Waals surface area contributed by atoms with E-state index in [2.05, 4.69) is 54.7 Å². The normalized spacial score (nSPS) is 11.0. The summed E-state index contributed by atoms with van der Waals surface area (Å²) in [6.07, 6.45) is 1.96. The standard InChI is InChI=1S/C16H23N3/c1-11-6-12(2)16(13(3)7-11)10-19-14(4)18-9-15(19)8-17-5/h6-7,9,17H,8,10H2,1-5H3. The van der Waals surface area contributed by atoms with Gasteiger partial charge in [0.05, 0.1) is 5.69 Å². The second kappa shape index (κ2) is 5.57. The molecule has 0 fully saturated rings. The van der Waals surface area contributed by atoms with Crippen molar-refractivity contribution in [2.24, 2.45) is 0 Å². The van der Waals surface area contributed by atoms with E-state index >= 15 is 0 Å². The van der Waals surface area contributed by atoms with Gasteiger partial charge in [0.2, 0.25) is 0 Å².